The standard InChI is InChI=1S/C31H38N2O5S/c1-31(2,3)26-11-7-10-24(17-26)18-32-28-21-39(36,37)20-25(29(28)34)16-22-12-14-27(15-13-22)33-30(35)38-19-23-8-5-4-6-9-23/h4-15,17,25,28-29,32,34H,16,18-21H2,1-3H3,(H,33,35)/t25-,28+,29+/m1/s1. The smallest absolute Gasteiger partial charge is 0.411 e. The van der Waals surface area contributed by atoms with Crippen molar-refractivity contribution in [1.29, 1.82) is 0 Å². The number of benzene rings is 3. The summed E-state index contributed by atoms with van der Waals surface area (Å²) in [7, 11) is -3.32. The molecule has 208 valence electrons. The van der Waals surface area contributed by atoms with Crippen LogP contribution in [-0.4, -0.2) is 43.3 Å². The number of carbonyl (C=O) groups is 1. The zero-order valence-electron chi connectivity index (χ0n) is 22.8. The van der Waals surface area contributed by atoms with Crippen molar-refractivity contribution in [2.45, 2.75) is 57.9 Å². The second-order valence-electron chi connectivity index (χ2n) is 11.4. The molecule has 3 aromatic carbocycles. The number of hydrogen-bond acceptors (Lipinski definition) is 6. The molecule has 0 bridgehead atoms. The molecule has 0 radical (unpaired) electrons. The zero-order chi connectivity index (χ0) is 28.0. The largest absolute Gasteiger partial charge is 0.444 e. The third-order valence-electron chi connectivity index (χ3n) is 7.07. The van der Waals surface area contributed by atoms with E-state index in [1.807, 2.05) is 54.6 Å². The average molecular weight is 551 g/mol. The number of amides is 1. The van der Waals surface area contributed by atoms with Crippen molar-refractivity contribution in [2.75, 3.05) is 16.8 Å². The van der Waals surface area contributed by atoms with Gasteiger partial charge in [0.2, 0.25) is 0 Å². The SMILES string of the molecule is CC(C)(C)c1cccc(CN[C@H]2CS(=O)(=O)C[C@@H](Cc3ccc(NC(=O)OCc4ccccc4)cc3)[C@@H]2O)c1. The van der Waals surface area contributed by atoms with E-state index >= 15 is 0 Å². The number of nitrogens with one attached hydrogen (secondary N) is 2. The normalized spacial score (nSPS) is 20.8. The lowest BCUT2D eigenvalue weighted by molar-refractivity contribution is 0.0781. The van der Waals surface area contributed by atoms with Crippen molar-refractivity contribution in [2.24, 2.45) is 5.92 Å². The van der Waals surface area contributed by atoms with Gasteiger partial charge in [0, 0.05) is 24.2 Å². The Morgan fingerprint density at radius 2 is 1.62 bits per heavy atom. The molecule has 3 N–H and O–H groups in total. The van der Waals surface area contributed by atoms with E-state index in [-0.39, 0.29) is 23.5 Å². The van der Waals surface area contributed by atoms with Crippen LogP contribution in [0.3, 0.4) is 0 Å². The quantitative estimate of drug-likeness (QED) is 0.371. The predicted octanol–water partition coefficient (Wildman–Crippen LogP) is 4.84. The molecule has 8 heteroatoms. The van der Waals surface area contributed by atoms with Gasteiger partial charge in [0.05, 0.1) is 17.6 Å². The highest BCUT2D eigenvalue weighted by Crippen LogP contribution is 2.26. The molecule has 39 heavy (non-hydrogen) atoms. The molecule has 0 aliphatic carbocycles. The first kappa shape index (κ1) is 28.8. The van der Waals surface area contributed by atoms with E-state index in [1.165, 1.54) is 5.56 Å². The summed E-state index contributed by atoms with van der Waals surface area (Å²) in [5.41, 5.74) is 4.64. The number of rotatable bonds is 8. The Kier molecular flexibility index (Phi) is 9.10. The van der Waals surface area contributed by atoms with Gasteiger partial charge in [-0.1, -0.05) is 87.5 Å². The second-order valence-corrected chi connectivity index (χ2v) is 13.5. The number of ether oxygens (including phenoxy) is 1. The van der Waals surface area contributed by atoms with Crippen molar-refractivity contribution in [3.05, 3.63) is 101 Å². The Labute approximate surface area is 231 Å². The first-order chi connectivity index (χ1) is 18.5. The van der Waals surface area contributed by atoms with Crippen molar-refractivity contribution < 1.29 is 23.1 Å². The maximum Gasteiger partial charge on any atom is 0.411 e. The topological polar surface area (TPSA) is 105 Å². The molecule has 1 aliphatic heterocycles. The van der Waals surface area contributed by atoms with Crippen molar-refractivity contribution in [3.8, 4) is 0 Å². The minimum atomic E-state index is -3.32. The van der Waals surface area contributed by atoms with Crippen LogP contribution in [-0.2, 0) is 39.6 Å². The van der Waals surface area contributed by atoms with Crippen molar-refractivity contribution >= 4 is 21.6 Å². The second kappa shape index (κ2) is 12.3. The molecular weight excluding hydrogens is 512 g/mol. The van der Waals surface area contributed by atoms with Gasteiger partial charge in [0.15, 0.2) is 9.84 Å². The Bertz CT molecular complexity index is 1350. The predicted molar refractivity (Wildman–Crippen MR) is 154 cm³/mol. The molecule has 0 aromatic heterocycles. The molecule has 3 aromatic rings. The number of hydrogen-bond donors (Lipinski definition) is 3. The fourth-order valence-corrected chi connectivity index (χ4v) is 6.82. The molecule has 0 unspecified atom stereocenters. The number of aliphatic hydroxyl groups is 1. The molecule has 1 heterocycles. The van der Waals surface area contributed by atoms with E-state index in [4.69, 9.17) is 4.74 Å². The van der Waals surface area contributed by atoms with E-state index in [0.29, 0.717) is 18.7 Å². The van der Waals surface area contributed by atoms with Crippen LogP contribution in [0, 0.1) is 5.92 Å². The molecule has 3 atom stereocenters. The van der Waals surface area contributed by atoms with Crippen LogP contribution >= 0.6 is 0 Å². The van der Waals surface area contributed by atoms with Crippen LogP contribution in [0.2, 0.25) is 0 Å². The minimum absolute atomic E-state index is 0.0162. The van der Waals surface area contributed by atoms with Crippen molar-refractivity contribution in [1.82, 2.24) is 5.32 Å². The summed E-state index contributed by atoms with van der Waals surface area (Å²) in [6.07, 6.45) is -0.941. The maximum atomic E-state index is 12.7. The monoisotopic (exact) mass is 550 g/mol. The summed E-state index contributed by atoms with van der Waals surface area (Å²) >= 11 is 0. The molecule has 1 fully saturated rings. The van der Waals surface area contributed by atoms with Gasteiger partial charge in [0.1, 0.15) is 6.61 Å². The van der Waals surface area contributed by atoms with E-state index < -0.39 is 34.0 Å². The molecule has 1 saturated heterocycles. The highest BCUT2D eigenvalue weighted by atomic mass is 32.2. The third kappa shape index (κ3) is 8.39. The van der Waals surface area contributed by atoms with Gasteiger partial charge in [-0.3, -0.25) is 5.32 Å². The lowest BCUT2D eigenvalue weighted by Crippen LogP contribution is -2.54. The van der Waals surface area contributed by atoms with E-state index in [2.05, 4.69) is 43.5 Å². The minimum Gasteiger partial charge on any atom is -0.444 e. The first-order valence-electron chi connectivity index (χ1n) is 13.3. The van der Waals surface area contributed by atoms with Gasteiger partial charge in [-0.2, -0.15) is 0 Å². The number of aliphatic hydroxyl groups excluding tert-OH is 1. The van der Waals surface area contributed by atoms with Gasteiger partial charge in [-0.05, 0) is 46.2 Å². The average Bonchev–Trinajstić information content (AvgIpc) is 2.90. The summed E-state index contributed by atoms with van der Waals surface area (Å²) in [5.74, 6) is -0.577. The number of sulfone groups is 1. The summed E-state index contributed by atoms with van der Waals surface area (Å²) in [5, 5.41) is 17.1. The third-order valence-corrected chi connectivity index (χ3v) is 8.87. The number of carbonyl (C=O) groups excluding carboxylic acids is 1. The fraction of sp³-hybridized carbons (Fsp3) is 0.387. The fourth-order valence-electron chi connectivity index (χ4n) is 4.85. The Morgan fingerprint density at radius 3 is 2.31 bits per heavy atom. The summed E-state index contributed by atoms with van der Waals surface area (Å²) in [6, 6.07) is 24.3. The molecule has 1 aliphatic rings. The Morgan fingerprint density at radius 1 is 0.923 bits per heavy atom. The highest BCUT2D eigenvalue weighted by Gasteiger charge is 2.39. The van der Waals surface area contributed by atoms with Crippen LogP contribution in [0.25, 0.3) is 0 Å². The summed E-state index contributed by atoms with van der Waals surface area (Å²) < 4.78 is 30.7. The van der Waals surface area contributed by atoms with Gasteiger partial charge in [-0.25, -0.2) is 13.2 Å². The van der Waals surface area contributed by atoms with E-state index in [9.17, 15) is 18.3 Å². The van der Waals surface area contributed by atoms with Gasteiger partial charge in [0.25, 0.3) is 0 Å². The molecular formula is C31H38N2O5S. The van der Waals surface area contributed by atoms with Crippen LogP contribution in [0.15, 0.2) is 78.9 Å². The molecule has 1 amide bonds. The van der Waals surface area contributed by atoms with E-state index in [0.717, 1.165) is 16.7 Å². The molecule has 4 rings (SSSR count). The summed E-state index contributed by atoms with van der Waals surface area (Å²) in [4.78, 5) is 12.1. The van der Waals surface area contributed by atoms with E-state index in [1.54, 1.807) is 12.1 Å². The Hall–Kier alpha value is -3.20. The van der Waals surface area contributed by atoms with Gasteiger partial charge >= 0.3 is 6.09 Å². The van der Waals surface area contributed by atoms with Gasteiger partial charge in [-0.15, -0.1) is 0 Å². The van der Waals surface area contributed by atoms with Crippen LogP contribution in [0.5, 0.6) is 0 Å². The molecule has 0 saturated carbocycles. The lowest BCUT2D eigenvalue weighted by Gasteiger charge is -2.35. The van der Waals surface area contributed by atoms with Crippen LogP contribution in [0.1, 0.15) is 43.0 Å². The number of anilines is 1. The summed E-state index contributed by atoms with van der Waals surface area (Å²) in [6.45, 7) is 7.12. The van der Waals surface area contributed by atoms with Gasteiger partial charge < -0.3 is 15.2 Å². The molecule has 0 spiro atoms. The molecule has 7 nitrogen and oxygen atoms in total. The van der Waals surface area contributed by atoms with Crippen LogP contribution in [0.4, 0.5) is 10.5 Å². The first-order valence-corrected chi connectivity index (χ1v) is 15.1. The van der Waals surface area contributed by atoms with Crippen LogP contribution < -0.4 is 10.6 Å². The highest BCUT2D eigenvalue weighted by molar-refractivity contribution is 7.91. The van der Waals surface area contributed by atoms with Crippen molar-refractivity contribution in [3.63, 3.8) is 0 Å². The lowest BCUT2D eigenvalue weighted by atomic mass is 9.86. The zero-order valence-corrected chi connectivity index (χ0v) is 23.6. The Balaban J connectivity index is 1.33. The maximum absolute atomic E-state index is 12.7.